The fourth-order valence-electron chi connectivity index (χ4n) is 2.87. The zero-order valence-electron chi connectivity index (χ0n) is 12.3. The van der Waals surface area contributed by atoms with Gasteiger partial charge in [0.1, 0.15) is 0 Å². The van der Waals surface area contributed by atoms with Crippen molar-refractivity contribution in [2.24, 2.45) is 0 Å². The topological polar surface area (TPSA) is 6.48 Å². The highest BCUT2D eigenvalue weighted by Gasteiger charge is 2.18. The van der Waals surface area contributed by atoms with E-state index in [4.69, 9.17) is 0 Å². The first kappa shape index (κ1) is 12.8. The molecule has 20 heavy (non-hydrogen) atoms. The standard InChI is InChI=1S/C18H20N2/c1-14-7-4-5-10-17(14)19-11-12-20(13-19)18-15(2)8-6-9-16(18)3/h4-12H,13H2,1-3H3. The number of hydrogen-bond acceptors (Lipinski definition) is 2. The van der Waals surface area contributed by atoms with Crippen molar-refractivity contribution < 1.29 is 0 Å². The van der Waals surface area contributed by atoms with Crippen molar-refractivity contribution in [2.75, 3.05) is 16.5 Å². The summed E-state index contributed by atoms with van der Waals surface area (Å²) in [4.78, 5) is 4.61. The Balaban J connectivity index is 1.89. The summed E-state index contributed by atoms with van der Waals surface area (Å²) in [5, 5.41) is 0. The summed E-state index contributed by atoms with van der Waals surface area (Å²) >= 11 is 0. The summed E-state index contributed by atoms with van der Waals surface area (Å²) in [6, 6.07) is 15.0. The third-order valence-electron chi connectivity index (χ3n) is 3.88. The van der Waals surface area contributed by atoms with Gasteiger partial charge in [0.05, 0.1) is 6.67 Å². The van der Waals surface area contributed by atoms with Crippen LogP contribution in [-0.4, -0.2) is 6.67 Å². The van der Waals surface area contributed by atoms with Crippen LogP contribution in [0.15, 0.2) is 54.9 Å². The van der Waals surface area contributed by atoms with E-state index < -0.39 is 0 Å². The lowest BCUT2D eigenvalue weighted by Gasteiger charge is -2.25. The number of para-hydroxylation sites is 2. The van der Waals surface area contributed by atoms with E-state index in [0.717, 1.165) is 6.67 Å². The fourth-order valence-corrected chi connectivity index (χ4v) is 2.87. The van der Waals surface area contributed by atoms with Gasteiger partial charge in [-0.1, -0.05) is 36.4 Å². The summed E-state index contributed by atoms with van der Waals surface area (Å²) in [5.74, 6) is 0. The van der Waals surface area contributed by atoms with Crippen molar-refractivity contribution in [2.45, 2.75) is 20.8 Å². The highest BCUT2D eigenvalue weighted by Crippen LogP contribution is 2.30. The molecule has 0 aliphatic carbocycles. The van der Waals surface area contributed by atoms with Gasteiger partial charge in [-0.15, -0.1) is 0 Å². The molecule has 0 fully saturated rings. The van der Waals surface area contributed by atoms with Crippen molar-refractivity contribution >= 4 is 11.4 Å². The van der Waals surface area contributed by atoms with E-state index in [1.807, 2.05) is 0 Å². The quantitative estimate of drug-likeness (QED) is 0.795. The summed E-state index contributed by atoms with van der Waals surface area (Å²) in [6.07, 6.45) is 4.33. The molecule has 0 saturated heterocycles. The molecule has 2 aromatic carbocycles. The average Bonchev–Trinajstić information content (AvgIpc) is 2.88. The molecule has 2 aromatic rings. The van der Waals surface area contributed by atoms with Crippen LogP contribution < -0.4 is 9.80 Å². The number of anilines is 2. The predicted molar refractivity (Wildman–Crippen MR) is 86.1 cm³/mol. The minimum atomic E-state index is 0.872. The van der Waals surface area contributed by atoms with Gasteiger partial charge in [0, 0.05) is 23.8 Å². The first-order valence-corrected chi connectivity index (χ1v) is 7.00. The molecule has 1 heterocycles. The molecule has 2 heteroatoms. The minimum absolute atomic E-state index is 0.872. The average molecular weight is 264 g/mol. The van der Waals surface area contributed by atoms with Crippen LogP contribution in [0.5, 0.6) is 0 Å². The van der Waals surface area contributed by atoms with Crippen molar-refractivity contribution in [3.63, 3.8) is 0 Å². The second kappa shape index (κ2) is 5.04. The Morgan fingerprint density at radius 1 is 0.700 bits per heavy atom. The van der Waals surface area contributed by atoms with Crippen LogP contribution in [0, 0.1) is 20.8 Å². The minimum Gasteiger partial charge on any atom is -0.328 e. The van der Waals surface area contributed by atoms with Crippen LogP contribution >= 0.6 is 0 Å². The molecule has 102 valence electrons. The Kier molecular flexibility index (Phi) is 3.23. The van der Waals surface area contributed by atoms with E-state index >= 15 is 0 Å². The van der Waals surface area contributed by atoms with Gasteiger partial charge in [0.15, 0.2) is 0 Å². The highest BCUT2D eigenvalue weighted by atomic mass is 15.3. The maximum absolute atomic E-state index is 2.32. The van der Waals surface area contributed by atoms with E-state index in [1.54, 1.807) is 0 Å². The van der Waals surface area contributed by atoms with Gasteiger partial charge >= 0.3 is 0 Å². The second-order valence-corrected chi connectivity index (χ2v) is 5.41. The Morgan fingerprint density at radius 2 is 1.30 bits per heavy atom. The van der Waals surface area contributed by atoms with Crippen LogP contribution in [-0.2, 0) is 0 Å². The van der Waals surface area contributed by atoms with Gasteiger partial charge in [-0.3, -0.25) is 0 Å². The van der Waals surface area contributed by atoms with Crippen molar-refractivity contribution in [3.8, 4) is 0 Å². The monoisotopic (exact) mass is 264 g/mol. The lowest BCUT2D eigenvalue weighted by Crippen LogP contribution is -2.26. The first-order chi connectivity index (χ1) is 9.66. The van der Waals surface area contributed by atoms with E-state index in [9.17, 15) is 0 Å². The van der Waals surface area contributed by atoms with Crippen LogP contribution in [0.25, 0.3) is 0 Å². The molecule has 0 aromatic heterocycles. The summed E-state index contributed by atoms with van der Waals surface area (Å²) in [5.41, 5.74) is 6.54. The van der Waals surface area contributed by atoms with Crippen molar-refractivity contribution in [1.82, 2.24) is 0 Å². The van der Waals surface area contributed by atoms with Gasteiger partial charge in [-0.2, -0.15) is 0 Å². The smallest absolute Gasteiger partial charge is 0.0989 e. The third kappa shape index (κ3) is 2.18. The molecule has 0 bridgehead atoms. The SMILES string of the molecule is Cc1ccccc1N1C=CN(c2c(C)cccc2C)C1. The largest absolute Gasteiger partial charge is 0.328 e. The maximum atomic E-state index is 2.32. The first-order valence-electron chi connectivity index (χ1n) is 7.00. The Hall–Kier alpha value is -2.22. The van der Waals surface area contributed by atoms with Crippen LogP contribution in [0.3, 0.4) is 0 Å². The van der Waals surface area contributed by atoms with Gasteiger partial charge in [0.2, 0.25) is 0 Å². The van der Waals surface area contributed by atoms with Crippen molar-refractivity contribution in [3.05, 3.63) is 71.6 Å². The molecule has 0 unspecified atom stereocenters. The number of aryl methyl sites for hydroxylation is 3. The zero-order valence-corrected chi connectivity index (χ0v) is 12.3. The Morgan fingerprint density at radius 3 is 2.00 bits per heavy atom. The molecule has 0 N–H and O–H groups in total. The van der Waals surface area contributed by atoms with Crippen LogP contribution in [0.4, 0.5) is 11.4 Å². The predicted octanol–water partition coefficient (Wildman–Crippen LogP) is 4.37. The van der Waals surface area contributed by atoms with E-state index in [2.05, 4.69) is 85.4 Å². The lowest BCUT2D eigenvalue weighted by atomic mass is 10.1. The molecular formula is C18H20N2. The Bertz CT molecular complexity index is 638. The highest BCUT2D eigenvalue weighted by molar-refractivity contribution is 5.66. The van der Waals surface area contributed by atoms with E-state index in [-0.39, 0.29) is 0 Å². The normalized spacial score (nSPS) is 14.2. The van der Waals surface area contributed by atoms with E-state index in [0.29, 0.717) is 0 Å². The zero-order chi connectivity index (χ0) is 14.1. The number of nitrogens with zero attached hydrogens (tertiary/aromatic N) is 2. The van der Waals surface area contributed by atoms with Gasteiger partial charge in [-0.05, 0) is 43.5 Å². The molecule has 3 rings (SSSR count). The van der Waals surface area contributed by atoms with Crippen LogP contribution in [0.2, 0.25) is 0 Å². The van der Waals surface area contributed by atoms with Crippen LogP contribution in [0.1, 0.15) is 16.7 Å². The summed E-state index contributed by atoms with van der Waals surface area (Å²) in [7, 11) is 0. The van der Waals surface area contributed by atoms with Crippen molar-refractivity contribution in [1.29, 1.82) is 0 Å². The Labute approximate surface area is 121 Å². The molecule has 1 aliphatic heterocycles. The molecule has 0 radical (unpaired) electrons. The molecule has 0 spiro atoms. The van der Waals surface area contributed by atoms with Gasteiger partial charge in [-0.25, -0.2) is 0 Å². The molecule has 0 amide bonds. The molecule has 0 atom stereocenters. The second-order valence-electron chi connectivity index (χ2n) is 5.41. The molecule has 1 aliphatic rings. The van der Waals surface area contributed by atoms with Gasteiger partial charge in [0.25, 0.3) is 0 Å². The number of benzene rings is 2. The number of rotatable bonds is 2. The van der Waals surface area contributed by atoms with E-state index in [1.165, 1.54) is 28.1 Å². The fraction of sp³-hybridized carbons (Fsp3) is 0.222. The van der Waals surface area contributed by atoms with Gasteiger partial charge < -0.3 is 9.80 Å². The molecule has 0 saturated carbocycles. The third-order valence-corrected chi connectivity index (χ3v) is 3.88. The molecular weight excluding hydrogens is 244 g/mol. The number of hydrogen-bond donors (Lipinski definition) is 0. The summed E-state index contributed by atoms with van der Waals surface area (Å²) < 4.78 is 0. The lowest BCUT2D eigenvalue weighted by molar-refractivity contribution is 0.961. The summed E-state index contributed by atoms with van der Waals surface area (Å²) in [6.45, 7) is 7.38. The molecule has 2 nitrogen and oxygen atoms in total. The maximum Gasteiger partial charge on any atom is 0.0989 e.